The van der Waals surface area contributed by atoms with E-state index in [0.717, 1.165) is 17.5 Å². The van der Waals surface area contributed by atoms with Crippen LogP contribution in [0.1, 0.15) is 46.7 Å². The average Bonchev–Trinajstić information content (AvgIpc) is 3.31. The highest BCUT2D eigenvalue weighted by Crippen LogP contribution is 2.45. The largest absolute Gasteiger partial charge is 0.422 e. The summed E-state index contributed by atoms with van der Waals surface area (Å²) in [5.74, 6) is -2.69. The van der Waals surface area contributed by atoms with Gasteiger partial charge in [0, 0.05) is 18.0 Å². The van der Waals surface area contributed by atoms with E-state index in [0.29, 0.717) is 19.0 Å². The molecule has 2 aromatic rings. The molecule has 3 heterocycles. The SMILES string of the molecule is O=C1OC2(OC1=O)c1ccccc1CN2CCC1CCCc2sccc21. The maximum Gasteiger partial charge on any atom is 0.422 e. The number of nitrogens with zero attached hydrogens (tertiary/aromatic N) is 1. The molecule has 0 bridgehead atoms. The summed E-state index contributed by atoms with van der Waals surface area (Å²) in [4.78, 5) is 27.1. The highest BCUT2D eigenvalue weighted by atomic mass is 32.1. The van der Waals surface area contributed by atoms with Gasteiger partial charge in [0.15, 0.2) is 0 Å². The van der Waals surface area contributed by atoms with Gasteiger partial charge in [-0.25, -0.2) is 14.5 Å². The van der Waals surface area contributed by atoms with Gasteiger partial charge in [-0.3, -0.25) is 0 Å². The van der Waals surface area contributed by atoms with Gasteiger partial charge in [0.05, 0.1) is 5.56 Å². The highest BCUT2D eigenvalue weighted by molar-refractivity contribution is 7.10. The normalized spacial score (nSPS) is 23.6. The van der Waals surface area contributed by atoms with Gasteiger partial charge in [0.1, 0.15) is 0 Å². The van der Waals surface area contributed by atoms with E-state index in [1.54, 1.807) is 0 Å². The Hall–Kier alpha value is -2.18. The van der Waals surface area contributed by atoms with E-state index in [9.17, 15) is 9.59 Å². The van der Waals surface area contributed by atoms with Crippen LogP contribution in [0.25, 0.3) is 0 Å². The van der Waals surface area contributed by atoms with Crippen LogP contribution in [0.2, 0.25) is 0 Å². The molecule has 5 rings (SSSR count). The molecule has 26 heavy (non-hydrogen) atoms. The zero-order valence-electron chi connectivity index (χ0n) is 14.3. The molecule has 2 aliphatic heterocycles. The molecule has 6 heteroatoms. The number of ether oxygens (including phenoxy) is 2. The summed E-state index contributed by atoms with van der Waals surface area (Å²) in [6.07, 6.45) is 4.52. The van der Waals surface area contributed by atoms with Crippen LogP contribution in [0.3, 0.4) is 0 Å². The van der Waals surface area contributed by atoms with Crippen molar-refractivity contribution in [2.24, 2.45) is 0 Å². The summed E-state index contributed by atoms with van der Waals surface area (Å²) in [5, 5.41) is 2.18. The minimum absolute atomic E-state index is 0.513. The Bertz CT molecular complexity index is 873. The molecule has 0 radical (unpaired) electrons. The first-order valence-electron chi connectivity index (χ1n) is 9.03. The second-order valence-electron chi connectivity index (χ2n) is 7.12. The Labute approximate surface area is 155 Å². The van der Waals surface area contributed by atoms with Gasteiger partial charge in [-0.05, 0) is 60.2 Å². The minimum atomic E-state index is -1.38. The summed E-state index contributed by atoms with van der Waals surface area (Å²) >= 11 is 1.84. The van der Waals surface area contributed by atoms with Crippen molar-refractivity contribution < 1.29 is 19.1 Å². The third-order valence-corrected chi connectivity index (χ3v) is 6.68. The Morgan fingerprint density at radius 3 is 2.81 bits per heavy atom. The quantitative estimate of drug-likeness (QED) is 0.614. The molecular formula is C20H19NO4S. The minimum Gasteiger partial charge on any atom is -0.395 e. The van der Waals surface area contributed by atoms with E-state index in [1.807, 2.05) is 40.5 Å². The number of hydrogen-bond acceptors (Lipinski definition) is 6. The van der Waals surface area contributed by atoms with Crippen molar-refractivity contribution in [3.8, 4) is 0 Å². The first kappa shape index (κ1) is 16.0. The first-order valence-corrected chi connectivity index (χ1v) is 9.91. The van der Waals surface area contributed by atoms with Crippen LogP contribution in [0.4, 0.5) is 0 Å². The predicted octanol–water partition coefficient (Wildman–Crippen LogP) is 3.28. The Morgan fingerprint density at radius 2 is 1.96 bits per heavy atom. The van der Waals surface area contributed by atoms with Crippen LogP contribution in [0.5, 0.6) is 0 Å². The summed E-state index contributed by atoms with van der Waals surface area (Å²) in [7, 11) is 0. The average molecular weight is 369 g/mol. The van der Waals surface area contributed by atoms with E-state index in [1.165, 1.54) is 29.7 Å². The standard InChI is InChI=1S/C20H19NO4S/c22-18-19(23)25-20(24-18)16-6-2-1-4-14(16)12-21(20)10-8-13-5-3-7-17-15(13)9-11-26-17/h1-2,4,6,9,11,13H,3,5,7-8,10,12H2. The molecule has 0 amide bonds. The van der Waals surface area contributed by atoms with E-state index >= 15 is 0 Å². The maximum atomic E-state index is 11.8. The van der Waals surface area contributed by atoms with Crippen molar-refractivity contribution in [1.29, 1.82) is 0 Å². The van der Waals surface area contributed by atoms with Crippen molar-refractivity contribution >= 4 is 23.3 Å². The molecule has 1 spiro atoms. The second-order valence-corrected chi connectivity index (χ2v) is 8.12. The van der Waals surface area contributed by atoms with Crippen LogP contribution in [-0.4, -0.2) is 23.4 Å². The zero-order valence-corrected chi connectivity index (χ0v) is 15.1. The van der Waals surface area contributed by atoms with Gasteiger partial charge >= 0.3 is 17.8 Å². The number of rotatable bonds is 3. The number of carbonyl (C=O) groups is 2. The zero-order chi connectivity index (χ0) is 17.7. The first-order chi connectivity index (χ1) is 12.7. The Kier molecular flexibility index (Phi) is 3.65. The summed E-state index contributed by atoms with van der Waals surface area (Å²) in [5.41, 5.74) is 3.27. The molecular weight excluding hydrogens is 350 g/mol. The summed E-state index contributed by atoms with van der Waals surface area (Å²) < 4.78 is 10.9. The molecule has 1 unspecified atom stereocenters. The number of esters is 2. The lowest BCUT2D eigenvalue weighted by atomic mass is 9.85. The number of fused-ring (bicyclic) bond motifs is 3. The lowest BCUT2D eigenvalue weighted by Gasteiger charge is -2.32. The van der Waals surface area contributed by atoms with E-state index in [-0.39, 0.29) is 0 Å². The third-order valence-electron chi connectivity index (χ3n) is 5.69. The van der Waals surface area contributed by atoms with Crippen LogP contribution in [0.15, 0.2) is 35.7 Å². The molecule has 3 aliphatic rings. The topological polar surface area (TPSA) is 55.8 Å². The third kappa shape index (κ3) is 2.32. The molecule has 0 N–H and O–H groups in total. The summed E-state index contributed by atoms with van der Waals surface area (Å²) in [6.45, 7) is 1.31. The fourth-order valence-corrected chi connectivity index (χ4v) is 5.47. The predicted molar refractivity (Wildman–Crippen MR) is 95.3 cm³/mol. The fourth-order valence-electron chi connectivity index (χ4n) is 4.46. The number of benzene rings is 1. The van der Waals surface area contributed by atoms with Crippen LogP contribution in [0, 0.1) is 0 Å². The number of aryl methyl sites for hydroxylation is 1. The smallest absolute Gasteiger partial charge is 0.395 e. The van der Waals surface area contributed by atoms with Crippen LogP contribution in [-0.2, 0) is 37.9 Å². The van der Waals surface area contributed by atoms with Gasteiger partial charge in [-0.15, -0.1) is 11.3 Å². The van der Waals surface area contributed by atoms with Gasteiger partial charge in [-0.2, -0.15) is 0 Å². The molecule has 1 atom stereocenters. The van der Waals surface area contributed by atoms with Crippen molar-refractivity contribution in [2.45, 2.75) is 44.1 Å². The molecule has 1 aromatic carbocycles. The maximum absolute atomic E-state index is 11.8. The second kappa shape index (κ2) is 5.93. The Balaban J connectivity index is 1.41. The van der Waals surface area contributed by atoms with Gasteiger partial charge < -0.3 is 9.47 Å². The number of carbonyl (C=O) groups excluding carboxylic acids is 2. The van der Waals surface area contributed by atoms with Crippen LogP contribution < -0.4 is 0 Å². The molecule has 1 aliphatic carbocycles. The summed E-state index contributed by atoms with van der Waals surface area (Å²) in [6, 6.07) is 9.94. The molecule has 134 valence electrons. The number of hydrogen-bond donors (Lipinski definition) is 0. The monoisotopic (exact) mass is 369 g/mol. The lowest BCUT2D eigenvalue weighted by molar-refractivity contribution is -0.254. The lowest BCUT2D eigenvalue weighted by Crippen LogP contribution is -2.43. The van der Waals surface area contributed by atoms with Crippen molar-refractivity contribution in [2.75, 3.05) is 6.54 Å². The van der Waals surface area contributed by atoms with Crippen molar-refractivity contribution in [1.82, 2.24) is 4.90 Å². The van der Waals surface area contributed by atoms with E-state index in [4.69, 9.17) is 9.47 Å². The molecule has 1 saturated heterocycles. The van der Waals surface area contributed by atoms with E-state index < -0.39 is 17.8 Å². The molecule has 1 fully saturated rings. The molecule has 0 saturated carbocycles. The van der Waals surface area contributed by atoms with Crippen molar-refractivity contribution in [3.63, 3.8) is 0 Å². The fraction of sp³-hybridized carbons (Fsp3) is 0.400. The number of thiophene rings is 1. The van der Waals surface area contributed by atoms with Gasteiger partial charge in [0.25, 0.3) is 0 Å². The van der Waals surface area contributed by atoms with E-state index in [2.05, 4.69) is 11.4 Å². The molecule has 5 nitrogen and oxygen atoms in total. The Morgan fingerprint density at radius 1 is 1.15 bits per heavy atom. The molecule has 1 aromatic heterocycles. The highest BCUT2D eigenvalue weighted by Gasteiger charge is 2.58. The van der Waals surface area contributed by atoms with Crippen molar-refractivity contribution in [3.05, 3.63) is 57.3 Å². The van der Waals surface area contributed by atoms with Gasteiger partial charge in [0.2, 0.25) is 0 Å². The van der Waals surface area contributed by atoms with Gasteiger partial charge in [-0.1, -0.05) is 18.2 Å². The van der Waals surface area contributed by atoms with Crippen LogP contribution >= 0.6 is 11.3 Å².